The van der Waals surface area contributed by atoms with Gasteiger partial charge in [-0.3, -0.25) is 0 Å². The molecule has 0 amide bonds. The van der Waals surface area contributed by atoms with Gasteiger partial charge in [0.1, 0.15) is 5.82 Å². The van der Waals surface area contributed by atoms with Gasteiger partial charge in [0.15, 0.2) is 0 Å². The lowest BCUT2D eigenvalue weighted by atomic mass is 9.85. The third-order valence-corrected chi connectivity index (χ3v) is 4.29. The van der Waals surface area contributed by atoms with Crippen LogP contribution in [-0.2, 0) is 6.42 Å². The van der Waals surface area contributed by atoms with Crippen LogP contribution in [0.4, 0.5) is 4.39 Å². The molecular formula is C17H26FN. The van der Waals surface area contributed by atoms with E-state index in [0.29, 0.717) is 12.0 Å². The van der Waals surface area contributed by atoms with Gasteiger partial charge >= 0.3 is 0 Å². The first-order valence-corrected chi connectivity index (χ1v) is 7.63. The van der Waals surface area contributed by atoms with Crippen molar-refractivity contribution in [2.24, 2.45) is 11.8 Å². The average molecular weight is 263 g/mol. The van der Waals surface area contributed by atoms with Crippen LogP contribution < -0.4 is 5.32 Å². The molecule has 1 unspecified atom stereocenters. The Labute approximate surface area is 116 Å². The summed E-state index contributed by atoms with van der Waals surface area (Å²) in [6.07, 6.45) is 6.20. The minimum absolute atomic E-state index is 0.0463. The molecule has 1 aliphatic carbocycles. The summed E-state index contributed by atoms with van der Waals surface area (Å²) in [6, 6.07) is 7.74. The topological polar surface area (TPSA) is 12.0 Å². The number of benzene rings is 1. The van der Waals surface area contributed by atoms with Gasteiger partial charge in [-0.2, -0.15) is 0 Å². The van der Waals surface area contributed by atoms with E-state index in [9.17, 15) is 4.39 Å². The number of nitrogens with one attached hydrogen (secondary N) is 1. The maximum absolute atomic E-state index is 13.8. The number of halogens is 1. The molecule has 1 aromatic carbocycles. The Balaban J connectivity index is 2.02. The molecule has 19 heavy (non-hydrogen) atoms. The lowest BCUT2D eigenvalue weighted by Gasteiger charge is -2.25. The summed E-state index contributed by atoms with van der Waals surface area (Å²) in [5.41, 5.74) is 0.880. The van der Waals surface area contributed by atoms with E-state index in [-0.39, 0.29) is 5.82 Å². The molecule has 0 heterocycles. The monoisotopic (exact) mass is 263 g/mol. The average Bonchev–Trinajstić information content (AvgIpc) is 2.90. The van der Waals surface area contributed by atoms with Crippen molar-refractivity contribution in [1.82, 2.24) is 5.32 Å². The standard InChI is InChI=1S/C17H26FN/c1-13(2)19-12-16(14-7-3-4-8-14)11-15-9-5-6-10-17(15)18/h5-6,9-10,13-14,16,19H,3-4,7-8,11-12H2,1-2H3. The number of rotatable bonds is 6. The van der Waals surface area contributed by atoms with E-state index in [1.54, 1.807) is 12.1 Å². The van der Waals surface area contributed by atoms with Gasteiger partial charge in [-0.15, -0.1) is 0 Å². The molecule has 1 nitrogen and oxygen atoms in total. The summed E-state index contributed by atoms with van der Waals surface area (Å²) in [4.78, 5) is 0. The Morgan fingerprint density at radius 1 is 1.21 bits per heavy atom. The van der Waals surface area contributed by atoms with Crippen molar-refractivity contribution in [3.8, 4) is 0 Å². The molecule has 1 N–H and O–H groups in total. The van der Waals surface area contributed by atoms with Gasteiger partial charge in [0, 0.05) is 6.04 Å². The Bertz CT molecular complexity index is 383. The molecule has 0 saturated heterocycles. The first kappa shape index (κ1) is 14.5. The Morgan fingerprint density at radius 3 is 2.53 bits per heavy atom. The highest BCUT2D eigenvalue weighted by atomic mass is 19.1. The number of hydrogen-bond donors (Lipinski definition) is 1. The van der Waals surface area contributed by atoms with Crippen LogP contribution in [0.15, 0.2) is 24.3 Å². The zero-order valence-electron chi connectivity index (χ0n) is 12.2. The van der Waals surface area contributed by atoms with E-state index >= 15 is 0 Å². The molecule has 1 aromatic rings. The first-order valence-electron chi connectivity index (χ1n) is 7.63. The van der Waals surface area contributed by atoms with E-state index in [1.165, 1.54) is 25.7 Å². The van der Waals surface area contributed by atoms with Crippen molar-refractivity contribution >= 4 is 0 Å². The molecule has 1 aliphatic rings. The van der Waals surface area contributed by atoms with Crippen LogP contribution in [0, 0.1) is 17.7 Å². The largest absolute Gasteiger partial charge is 0.314 e. The molecule has 0 bridgehead atoms. The quantitative estimate of drug-likeness (QED) is 0.812. The Hall–Kier alpha value is -0.890. The maximum atomic E-state index is 13.8. The van der Waals surface area contributed by atoms with Gasteiger partial charge < -0.3 is 5.32 Å². The minimum atomic E-state index is -0.0463. The molecule has 1 fully saturated rings. The molecule has 0 radical (unpaired) electrons. The van der Waals surface area contributed by atoms with Gasteiger partial charge in [-0.25, -0.2) is 4.39 Å². The molecule has 0 spiro atoms. The van der Waals surface area contributed by atoms with Gasteiger partial charge in [0.05, 0.1) is 0 Å². The van der Waals surface area contributed by atoms with Crippen molar-refractivity contribution in [2.45, 2.75) is 52.0 Å². The summed E-state index contributed by atoms with van der Waals surface area (Å²) in [5, 5.41) is 3.54. The summed E-state index contributed by atoms with van der Waals surface area (Å²) in [5.74, 6) is 1.29. The molecule has 2 rings (SSSR count). The smallest absolute Gasteiger partial charge is 0.126 e. The van der Waals surface area contributed by atoms with Gasteiger partial charge in [-0.05, 0) is 36.4 Å². The molecule has 2 heteroatoms. The van der Waals surface area contributed by atoms with Crippen molar-refractivity contribution in [3.63, 3.8) is 0 Å². The summed E-state index contributed by atoms with van der Waals surface area (Å²) in [6.45, 7) is 5.36. The van der Waals surface area contributed by atoms with Crippen LogP contribution in [0.25, 0.3) is 0 Å². The van der Waals surface area contributed by atoms with E-state index in [4.69, 9.17) is 0 Å². The molecule has 0 aromatic heterocycles. The highest BCUT2D eigenvalue weighted by Crippen LogP contribution is 2.33. The van der Waals surface area contributed by atoms with E-state index in [0.717, 1.165) is 24.4 Å². The lowest BCUT2D eigenvalue weighted by molar-refractivity contribution is 0.310. The Morgan fingerprint density at radius 2 is 1.89 bits per heavy atom. The van der Waals surface area contributed by atoms with Gasteiger partial charge in [0.2, 0.25) is 0 Å². The molecule has 1 saturated carbocycles. The van der Waals surface area contributed by atoms with Gasteiger partial charge in [-0.1, -0.05) is 57.7 Å². The van der Waals surface area contributed by atoms with E-state index in [2.05, 4.69) is 19.2 Å². The second-order valence-corrected chi connectivity index (χ2v) is 6.16. The summed E-state index contributed by atoms with van der Waals surface area (Å²) < 4.78 is 13.8. The molecule has 0 aliphatic heterocycles. The fourth-order valence-corrected chi connectivity index (χ4v) is 3.17. The van der Waals surface area contributed by atoms with Crippen molar-refractivity contribution in [2.75, 3.05) is 6.54 Å². The predicted molar refractivity (Wildman–Crippen MR) is 78.7 cm³/mol. The maximum Gasteiger partial charge on any atom is 0.126 e. The van der Waals surface area contributed by atoms with Crippen LogP contribution in [0.3, 0.4) is 0 Å². The Kier molecular flexibility index (Phi) is 5.38. The van der Waals surface area contributed by atoms with Crippen molar-refractivity contribution < 1.29 is 4.39 Å². The zero-order valence-corrected chi connectivity index (χ0v) is 12.2. The van der Waals surface area contributed by atoms with Crippen LogP contribution in [0.1, 0.15) is 45.1 Å². The second kappa shape index (κ2) is 7.04. The fourth-order valence-electron chi connectivity index (χ4n) is 3.17. The van der Waals surface area contributed by atoms with E-state index in [1.807, 2.05) is 12.1 Å². The van der Waals surface area contributed by atoms with Crippen LogP contribution in [-0.4, -0.2) is 12.6 Å². The first-order chi connectivity index (χ1) is 9.16. The van der Waals surface area contributed by atoms with Crippen molar-refractivity contribution in [3.05, 3.63) is 35.6 Å². The van der Waals surface area contributed by atoms with Crippen LogP contribution >= 0.6 is 0 Å². The number of hydrogen-bond acceptors (Lipinski definition) is 1. The predicted octanol–water partition coefficient (Wildman–Crippen LogP) is 4.17. The molecule has 1 atom stereocenters. The second-order valence-electron chi connectivity index (χ2n) is 6.16. The minimum Gasteiger partial charge on any atom is -0.314 e. The lowest BCUT2D eigenvalue weighted by Crippen LogP contribution is -2.33. The SMILES string of the molecule is CC(C)NCC(Cc1ccccc1F)C1CCCC1. The fraction of sp³-hybridized carbons (Fsp3) is 0.647. The highest BCUT2D eigenvalue weighted by molar-refractivity contribution is 5.18. The summed E-state index contributed by atoms with van der Waals surface area (Å²) in [7, 11) is 0. The van der Waals surface area contributed by atoms with Crippen molar-refractivity contribution in [1.29, 1.82) is 0 Å². The molecule has 106 valence electrons. The third-order valence-electron chi connectivity index (χ3n) is 4.29. The third kappa shape index (κ3) is 4.31. The van der Waals surface area contributed by atoms with E-state index < -0.39 is 0 Å². The van der Waals surface area contributed by atoms with Crippen LogP contribution in [0.2, 0.25) is 0 Å². The molecular weight excluding hydrogens is 237 g/mol. The van der Waals surface area contributed by atoms with Gasteiger partial charge in [0.25, 0.3) is 0 Å². The zero-order chi connectivity index (χ0) is 13.7. The van der Waals surface area contributed by atoms with Crippen LogP contribution in [0.5, 0.6) is 0 Å². The highest BCUT2D eigenvalue weighted by Gasteiger charge is 2.25. The normalized spacial score (nSPS) is 18.1. The summed E-state index contributed by atoms with van der Waals surface area (Å²) >= 11 is 0.